The van der Waals surface area contributed by atoms with Crippen molar-refractivity contribution < 1.29 is 0 Å². The Balaban J connectivity index is 1.08. The summed E-state index contributed by atoms with van der Waals surface area (Å²) in [7, 11) is 0. The molecule has 0 aliphatic rings. The van der Waals surface area contributed by atoms with E-state index in [4.69, 9.17) is 0 Å². The van der Waals surface area contributed by atoms with Crippen molar-refractivity contribution in [2.75, 3.05) is 0 Å². The third-order valence-electron chi connectivity index (χ3n) is 10.8. The molecule has 3 heterocycles. The van der Waals surface area contributed by atoms with E-state index in [9.17, 15) is 0 Å². The van der Waals surface area contributed by atoms with Crippen LogP contribution in [0.4, 0.5) is 0 Å². The van der Waals surface area contributed by atoms with Gasteiger partial charge in [-0.25, -0.2) is 0 Å². The highest BCUT2D eigenvalue weighted by atomic mass is 127. The van der Waals surface area contributed by atoms with Crippen molar-refractivity contribution in [2.45, 2.75) is 0 Å². The highest BCUT2D eigenvalue weighted by Crippen LogP contribution is 2.42. The largest absolute Gasteiger partial charge is 0.309 e. The molecule has 3 aromatic heterocycles. The second-order valence-electron chi connectivity index (χ2n) is 13.6. The summed E-state index contributed by atoms with van der Waals surface area (Å²) in [5, 5.41) is 7.58. The van der Waals surface area contributed by atoms with Gasteiger partial charge in [0.25, 0.3) is 0 Å². The van der Waals surface area contributed by atoms with Crippen molar-refractivity contribution >= 4 is 88.3 Å². The Kier molecular flexibility index (Phi) is 6.52. The Morgan fingerprint density at radius 1 is 0.308 bits per heavy atom. The van der Waals surface area contributed by atoms with E-state index in [2.05, 4.69) is 217 Å². The average Bonchev–Trinajstić information content (AvgIpc) is 3.83. The second-order valence-corrected chi connectivity index (χ2v) is 14.5. The monoisotopic (exact) mass is 775 g/mol. The minimum atomic E-state index is 1.17. The molecule has 0 atom stereocenters. The van der Waals surface area contributed by atoms with Gasteiger partial charge in [0.1, 0.15) is 0 Å². The molecular formula is C48H30IN3. The zero-order valence-electron chi connectivity index (χ0n) is 28.0. The zero-order chi connectivity index (χ0) is 34.3. The van der Waals surface area contributed by atoms with Gasteiger partial charge in [0.05, 0.1) is 56.0 Å². The van der Waals surface area contributed by atoms with Crippen LogP contribution in [-0.2, 0) is 0 Å². The van der Waals surface area contributed by atoms with Crippen molar-refractivity contribution in [3.05, 3.63) is 182 Å². The van der Waals surface area contributed by atoms with Crippen LogP contribution in [0.5, 0.6) is 0 Å². The van der Waals surface area contributed by atoms with E-state index < -0.39 is 0 Å². The third-order valence-corrected chi connectivity index (χ3v) is 11.8. The van der Waals surface area contributed by atoms with Gasteiger partial charge in [-0.15, -0.1) is 0 Å². The van der Waals surface area contributed by atoms with Crippen LogP contribution in [-0.4, -0.2) is 11.9 Å². The van der Waals surface area contributed by atoms with E-state index in [-0.39, 0.29) is 0 Å². The number of halogens is 1. The summed E-state index contributed by atoms with van der Waals surface area (Å²) in [6.45, 7) is 0. The molecule has 52 heavy (non-hydrogen) atoms. The molecule has 0 bridgehead atoms. The van der Waals surface area contributed by atoms with E-state index in [0.29, 0.717) is 0 Å². The van der Waals surface area contributed by atoms with Gasteiger partial charge in [0.15, 0.2) is 0 Å². The number of hydrogen-bond acceptors (Lipinski definition) is 0. The van der Waals surface area contributed by atoms with Gasteiger partial charge in [0.2, 0.25) is 0 Å². The van der Waals surface area contributed by atoms with Crippen LogP contribution in [0.3, 0.4) is 0 Å². The van der Waals surface area contributed by atoms with Crippen molar-refractivity contribution in [3.8, 4) is 33.6 Å². The molecule has 0 aliphatic heterocycles. The molecule has 0 saturated carbocycles. The topological polar surface area (TPSA) is 14.8 Å². The van der Waals surface area contributed by atoms with Crippen molar-refractivity contribution in [2.24, 2.45) is 0 Å². The molecule has 0 spiro atoms. The van der Waals surface area contributed by atoms with Gasteiger partial charge in [-0.3, -0.25) is 2.78 Å². The maximum Gasteiger partial charge on any atom is 0.0668 e. The van der Waals surface area contributed by atoms with Crippen LogP contribution < -0.4 is 0 Å². The first-order chi connectivity index (χ1) is 25.7. The maximum absolute atomic E-state index is 2.49. The van der Waals surface area contributed by atoms with Crippen LogP contribution in [0.25, 0.3) is 99.0 Å². The molecule has 244 valence electrons. The Hall–Kier alpha value is -6.11. The number of rotatable bonds is 4. The van der Waals surface area contributed by atoms with E-state index in [1.54, 1.807) is 0 Å². The van der Waals surface area contributed by atoms with Crippen LogP contribution in [0.1, 0.15) is 0 Å². The summed E-state index contributed by atoms with van der Waals surface area (Å²) in [5.41, 5.74) is 14.5. The molecule has 0 fully saturated rings. The normalized spacial score (nSPS) is 11.9. The lowest BCUT2D eigenvalue weighted by atomic mass is 9.98. The van der Waals surface area contributed by atoms with Gasteiger partial charge in [-0.2, -0.15) is 0 Å². The summed E-state index contributed by atoms with van der Waals surface area (Å²) in [4.78, 5) is 0. The summed E-state index contributed by atoms with van der Waals surface area (Å²) >= 11 is 2.49. The molecule has 11 aromatic rings. The first-order valence-corrected chi connectivity index (χ1v) is 18.6. The fourth-order valence-electron chi connectivity index (χ4n) is 8.43. The number of hydrogen-bond donors (Lipinski definition) is 0. The standard InChI is InChI=1S/C48H30IN3/c49-52-46-27-24-32(31-23-26-45-41(28-31)38-17-8-10-21-44(38)50(45)34-12-3-1-4-13-34)29-42(46)40-19-11-18-36(48(40)52)33-22-25-39-37-16-7-9-20-43(37)51(47(39)30-33)35-14-5-2-6-15-35/h1-30H. The third kappa shape index (κ3) is 4.31. The number of benzene rings is 8. The molecule has 3 nitrogen and oxygen atoms in total. The molecule has 0 N–H and O–H groups in total. The molecular weight excluding hydrogens is 745 g/mol. The Bertz CT molecular complexity index is 3180. The molecule has 0 radical (unpaired) electrons. The Morgan fingerprint density at radius 2 is 0.788 bits per heavy atom. The lowest BCUT2D eigenvalue weighted by molar-refractivity contribution is 1.18. The molecule has 8 aromatic carbocycles. The lowest BCUT2D eigenvalue weighted by Gasteiger charge is -2.10. The first kappa shape index (κ1) is 29.6. The number of para-hydroxylation sites is 5. The van der Waals surface area contributed by atoms with Crippen LogP contribution in [0.15, 0.2) is 182 Å². The van der Waals surface area contributed by atoms with E-state index >= 15 is 0 Å². The van der Waals surface area contributed by atoms with Crippen molar-refractivity contribution in [1.29, 1.82) is 0 Å². The van der Waals surface area contributed by atoms with Gasteiger partial charge >= 0.3 is 0 Å². The molecule has 0 aliphatic carbocycles. The summed E-state index contributed by atoms with van der Waals surface area (Å²) in [5.74, 6) is 0. The predicted octanol–water partition coefficient (Wildman–Crippen LogP) is 13.5. The van der Waals surface area contributed by atoms with Gasteiger partial charge in [-0.05, 0) is 83.4 Å². The molecule has 4 heteroatoms. The second kappa shape index (κ2) is 11.5. The first-order valence-electron chi connectivity index (χ1n) is 17.6. The van der Waals surface area contributed by atoms with Gasteiger partial charge in [0, 0.05) is 49.3 Å². The summed E-state index contributed by atoms with van der Waals surface area (Å²) in [6, 6.07) is 66.4. The summed E-state index contributed by atoms with van der Waals surface area (Å²) < 4.78 is 7.11. The molecule has 0 amide bonds. The van der Waals surface area contributed by atoms with Gasteiger partial charge in [-0.1, -0.05) is 115 Å². The van der Waals surface area contributed by atoms with E-state index in [0.717, 1.165) is 0 Å². The quantitative estimate of drug-likeness (QED) is 0.158. The van der Waals surface area contributed by atoms with Gasteiger partial charge < -0.3 is 9.13 Å². The number of nitrogens with zero attached hydrogens (tertiary/aromatic N) is 3. The smallest absolute Gasteiger partial charge is 0.0668 e. The number of fused-ring (bicyclic) bond motifs is 9. The maximum atomic E-state index is 2.49. The fraction of sp³-hybridized carbons (Fsp3) is 0. The van der Waals surface area contributed by atoms with Crippen molar-refractivity contribution in [3.63, 3.8) is 0 Å². The van der Waals surface area contributed by atoms with E-state index in [1.165, 1.54) is 99.0 Å². The SMILES string of the molecule is In1c2ccc(-c3ccc4c(c3)c3ccccc3n4-c3ccccc3)cc2c2cccc(-c3ccc4c5ccccc5n(-c5ccccc5)c4c3)c21. The molecule has 0 saturated heterocycles. The zero-order valence-corrected chi connectivity index (χ0v) is 30.2. The number of aromatic nitrogens is 3. The molecule has 11 rings (SSSR count). The highest BCUT2D eigenvalue weighted by molar-refractivity contribution is 14.1. The average molecular weight is 776 g/mol. The highest BCUT2D eigenvalue weighted by Gasteiger charge is 2.18. The predicted molar refractivity (Wildman–Crippen MR) is 228 cm³/mol. The van der Waals surface area contributed by atoms with Crippen LogP contribution in [0.2, 0.25) is 0 Å². The fourth-order valence-corrected chi connectivity index (χ4v) is 9.37. The summed E-state index contributed by atoms with van der Waals surface area (Å²) in [6.07, 6.45) is 0. The Labute approximate surface area is 314 Å². The minimum absolute atomic E-state index is 1.17. The Morgan fingerprint density at radius 3 is 1.46 bits per heavy atom. The van der Waals surface area contributed by atoms with Crippen molar-refractivity contribution in [1.82, 2.24) is 11.9 Å². The van der Waals surface area contributed by atoms with Crippen LogP contribution >= 0.6 is 22.9 Å². The van der Waals surface area contributed by atoms with Crippen LogP contribution in [0, 0.1) is 0 Å². The lowest BCUT2D eigenvalue weighted by Crippen LogP contribution is -1.93. The minimum Gasteiger partial charge on any atom is -0.309 e. The van der Waals surface area contributed by atoms with E-state index in [1.807, 2.05) is 0 Å². The molecule has 0 unspecified atom stereocenters.